The first-order chi connectivity index (χ1) is 8.19. The Balaban J connectivity index is 2.61. The molecule has 1 aromatic rings. The minimum absolute atomic E-state index is 0.0886. The number of terminal acetylenes is 1. The molecule has 0 fully saturated rings. The first-order valence-electron chi connectivity index (χ1n) is 5.70. The van der Waals surface area contributed by atoms with Crippen molar-refractivity contribution in [3.8, 4) is 12.3 Å². The van der Waals surface area contributed by atoms with E-state index in [-0.39, 0.29) is 5.91 Å². The number of nitrogens with two attached hydrogens (primary N) is 1. The normalized spacial score (nSPS) is 11.6. The van der Waals surface area contributed by atoms with E-state index in [1.54, 1.807) is 4.90 Å². The van der Waals surface area contributed by atoms with E-state index in [0.717, 1.165) is 5.56 Å². The summed E-state index contributed by atoms with van der Waals surface area (Å²) in [5, 5.41) is 0. The van der Waals surface area contributed by atoms with Crippen molar-refractivity contribution in [1.82, 2.24) is 4.90 Å². The number of carbonyl (C=O) groups excluding carboxylic acids is 1. The van der Waals surface area contributed by atoms with Gasteiger partial charge in [-0.15, -0.1) is 6.42 Å². The van der Waals surface area contributed by atoms with Crippen LogP contribution in [-0.4, -0.2) is 29.9 Å². The van der Waals surface area contributed by atoms with Gasteiger partial charge in [-0.3, -0.25) is 4.79 Å². The Morgan fingerprint density at radius 1 is 1.47 bits per heavy atom. The predicted molar refractivity (Wildman–Crippen MR) is 69.2 cm³/mol. The molecule has 0 saturated carbocycles. The minimum atomic E-state index is -0.523. The van der Waals surface area contributed by atoms with Crippen LogP contribution in [0.25, 0.3) is 0 Å². The summed E-state index contributed by atoms with van der Waals surface area (Å²) in [6.45, 7) is 2.80. The van der Waals surface area contributed by atoms with Gasteiger partial charge in [-0.2, -0.15) is 0 Å². The molecular weight excluding hydrogens is 212 g/mol. The first-order valence-corrected chi connectivity index (χ1v) is 5.70. The fourth-order valence-electron chi connectivity index (χ4n) is 1.65. The Labute approximate surface area is 103 Å². The molecule has 0 radical (unpaired) electrons. The van der Waals surface area contributed by atoms with Crippen molar-refractivity contribution in [2.75, 3.05) is 13.1 Å². The average Bonchev–Trinajstić information content (AvgIpc) is 2.36. The van der Waals surface area contributed by atoms with Crippen LogP contribution in [0.1, 0.15) is 12.5 Å². The second-order valence-electron chi connectivity index (χ2n) is 3.85. The predicted octanol–water partition coefficient (Wildman–Crippen LogP) is 1.04. The largest absolute Gasteiger partial charge is 0.330 e. The number of nitrogens with zero attached hydrogens (tertiary/aromatic N) is 1. The van der Waals surface area contributed by atoms with Gasteiger partial charge in [-0.05, 0) is 18.9 Å². The van der Waals surface area contributed by atoms with Gasteiger partial charge in [-0.25, -0.2) is 0 Å². The van der Waals surface area contributed by atoms with Crippen LogP contribution in [0.4, 0.5) is 0 Å². The van der Waals surface area contributed by atoms with E-state index in [0.29, 0.717) is 19.5 Å². The highest BCUT2D eigenvalue weighted by molar-refractivity contribution is 5.82. The third kappa shape index (κ3) is 3.93. The Hall–Kier alpha value is -1.79. The van der Waals surface area contributed by atoms with Gasteiger partial charge in [0.1, 0.15) is 0 Å². The molecule has 1 amide bonds. The third-order valence-corrected chi connectivity index (χ3v) is 2.59. The topological polar surface area (TPSA) is 46.3 Å². The highest BCUT2D eigenvalue weighted by atomic mass is 16.2. The summed E-state index contributed by atoms with van der Waals surface area (Å²) in [7, 11) is 0. The SMILES string of the molecule is C#CCN(CC)C(=O)C(N)Cc1ccccc1. The van der Waals surface area contributed by atoms with Gasteiger partial charge in [0.25, 0.3) is 0 Å². The van der Waals surface area contributed by atoms with Crippen LogP contribution in [0.2, 0.25) is 0 Å². The summed E-state index contributed by atoms with van der Waals surface area (Å²) in [6, 6.07) is 9.21. The van der Waals surface area contributed by atoms with E-state index >= 15 is 0 Å². The Kier molecular flexibility index (Phi) is 5.25. The Morgan fingerprint density at radius 3 is 2.65 bits per heavy atom. The molecule has 0 aliphatic carbocycles. The van der Waals surface area contributed by atoms with Crippen molar-refractivity contribution in [3.63, 3.8) is 0 Å². The summed E-state index contributed by atoms with van der Waals surface area (Å²) in [6.07, 6.45) is 5.75. The van der Waals surface area contributed by atoms with Crippen LogP contribution in [0, 0.1) is 12.3 Å². The van der Waals surface area contributed by atoms with Gasteiger partial charge < -0.3 is 10.6 Å². The highest BCUT2D eigenvalue weighted by Gasteiger charge is 2.19. The van der Waals surface area contributed by atoms with Crippen molar-refractivity contribution < 1.29 is 4.79 Å². The molecule has 90 valence electrons. The van der Waals surface area contributed by atoms with Crippen molar-refractivity contribution in [3.05, 3.63) is 35.9 Å². The maximum Gasteiger partial charge on any atom is 0.240 e. The van der Waals surface area contributed by atoms with Crippen LogP contribution < -0.4 is 5.73 Å². The van der Waals surface area contributed by atoms with E-state index in [9.17, 15) is 4.79 Å². The number of hydrogen-bond acceptors (Lipinski definition) is 2. The van der Waals surface area contributed by atoms with Crippen molar-refractivity contribution in [1.29, 1.82) is 0 Å². The van der Waals surface area contributed by atoms with E-state index in [2.05, 4.69) is 5.92 Å². The number of amides is 1. The Morgan fingerprint density at radius 2 is 2.12 bits per heavy atom. The average molecular weight is 230 g/mol. The second kappa shape index (κ2) is 6.72. The monoisotopic (exact) mass is 230 g/mol. The lowest BCUT2D eigenvalue weighted by atomic mass is 10.1. The van der Waals surface area contributed by atoms with Gasteiger partial charge in [0, 0.05) is 6.54 Å². The van der Waals surface area contributed by atoms with Gasteiger partial charge in [0.15, 0.2) is 0 Å². The van der Waals surface area contributed by atoms with E-state index < -0.39 is 6.04 Å². The first kappa shape index (κ1) is 13.3. The van der Waals surface area contributed by atoms with E-state index in [1.807, 2.05) is 37.3 Å². The molecule has 0 saturated heterocycles. The number of carbonyl (C=O) groups is 1. The summed E-state index contributed by atoms with van der Waals surface area (Å²) in [5.74, 6) is 2.38. The molecule has 1 atom stereocenters. The second-order valence-corrected chi connectivity index (χ2v) is 3.85. The van der Waals surface area contributed by atoms with Gasteiger partial charge >= 0.3 is 0 Å². The molecule has 0 aliphatic rings. The number of rotatable bonds is 5. The molecule has 1 aromatic carbocycles. The fraction of sp³-hybridized carbons (Fsp3) is 0.357. The molecule has 2 N–H and O–H groups in total. The molecule has 3 nitrogen and oxygen atoms in total. The van der Waals surface area contributed by atoms with Gasteiger partial charge in [0.05, 0.1) is 12.6 Å². The lowest BCUT2D eigenvalue weighted by Gasteiger charge is -2.22. The maximum absolute atomic E-state index is 12.0. The van der Waals surface area contributed by atoms with Crippen LogP contribution in [-0.2, 0) is 11.2 Å². The number of likely N-dealkylation sites (N-methyl/N-ethyl adjacent to an activating group) is 1. The van der Waals surface area contributed by atoms with Crippen molar-refractivity contribution in [2.24, 2.45) is 5.73 Å². The number of benzene rings is 1. The van der Waals surface area contributed by atoms with Crippen LogP contribution in [0.3, 0.4) is 0 Å². The molecule has 0 aliphatic heterocycles. The molecule has 1 unspecified atom stereocenters. The zero-order valence-corrected chi connectivity index (χ0v) is 10.1. The molecule has 0 spiro atoms. The summed E-state index contributed by atoms with van der Waals surface area (Å²) in [5.41, 5.74) is 6.96. The van der Waals surface area contributed by atoms with Crippen LogP contribution in [0.15, 0.2) is 30.3 Å². The van der Waals surface area contributed by atoms with E-state index in [4.69, 9.17) is 12.2 Å². The highest BCUT2D eigenvalue weighted by Crippen LogP contribution is 2.04. The standard InChI is InChI=1S/C14H18N2O/c1-3-10-16(4-2)14(17)13(15)11-12-8-6-5-7-9-12/h1,5-9,13H,4,10-11,15H2,2H3. The smallest absolute Gasteiger partial charge is 0.240 e. The zero-order valence-electron chi connectivity index (χ0n) is 10.1. The molecule has 17 heavy (non-hydrogen) atoms. The van der Waals surface area contributed by atoms with Gasteiger partial charge in [0.2, 0.25) is 5.91 Å². The fourth-order valence-corrected chi connectivity index (χ4v) is 1.65. The summed E-state index contributed by atoms with van der Waals surface area (Å²) >= 11 is 0. The molecule has 3 heteroatoms. The van der Waals surface area contributed by atoms with Crippen molar-refractivity contribution >= 4 is 5.91 Å². The lowest BCUT2D eigenvalue weighted by Crippen LogP contribution is -2.45. The quantitative estimate of drug-likeness (QED) is 0.768. The third-order valence-electron chi connectivity index (χ3n) is 2.59. The summed E-state index contributed by atoms with van der Waals surface area (Å²) < 4.78 is 0. The van der Waals surface area contributed by atoms with Crippen LogP contribution in [0.5, 0.6) is 0 Å². The molecule has 0 heterocycles. The van der Waals surface area contributed by atoms with E-state index in [1.165, 1.54) is 0 Å². The lowest BCUT2D eigenvalue weighted by molar-refractivity contribution is -0.131. The molecule has 1 rings (SSSR count). The molecular formula is C14H18N2O. The Bertz CT molecular complexity index is 394. The molecule has 0 aromatic heterocycles. The number of hydrogen-bond donors (Lipinski definition) is 1. The molecule has 0 bridgehead atoms. The zero-order chi connectivity index (χ0) is 12.7. The summed E-state index contributed by atoms with van der Waals surface area (Å²) in [4.78, 5) is 13.6. The van der Waals surface area contributed by atoms with Gasteiger partial charge in [-0.1, -0.05) is 36.3 Å². The minimum Gasteiger partial charge on any atom is -0.330 e. The van der Waals surface area contributed by atoms with Crippen molar-refractivity contribution in [2.45, 2.75) is 19.4 Å². The van der Waals surface area contributed by atoms with Crippen LogP contribution >= 0.6 is 0 Å². The maximum atomic E-state index is 12.0.